The van der Waals surface area contributed by atoms with E-state index in [2.05, 4.69) is 11.9 Å². The Hall–Kier alpha value is -0.330. The van der Waals surface area contributed by atoms with Crippen LogP contribution in [0.1, 0.15) is 45.4 Å². The smallest absolute Gasteiger partial charge is 0.0390 e. The lowest BCUT2D eigenvalue weighted by Gasteiger charge is -1.96. The average molecular weight is 140 g/mol. The molecule has 10 heavy (non-hydrogen) atoms. The fourth-order valence-corrected chi connectivity index (χ4v) is 0.983. The molecular formula is C9H18N. The van der Waals surface area contributed by atoms with Gasteiger partial charge in [-0.1, -0.05) is 39.0 Å². The molecule has 0 heterocycles. The summed E-state index contributed by atoms with van der Waals surface area (Å²) in [7, 11) is 0. The van der Waals surface area contributed by atoms with Gasteiger partial charge in [0, 0.05) is 13.3 Å². The summed E-state index contributed by atoms with van der Waals surface area (Å²) in [6.07, 6.45) is 7.88. The molecule has 0 fully saturated rings. The molecule has 0 aliphatic carbocycles. The average Bonchev–Trinajstić information content (AvgIpc) is 1.97. The third-order valence-electron chi connectivity index (χ3n) is 1.64. The van der Waals surface area contributed by atoms with Gasteiger partial charge in [-0.25, -0.2) is 0 Å². The Morgan fingerprint density at radius 1 is 1.00 bits per heavy atom. The van der Waals surface area contributed by atoms with Crippen LogP contribution in [0.25, 0.3) is 0 Å². The van der Waals surface area contributed by atoms with E-state index in [9.17, 15) is 0 Å². The van der Waals surface area contributed by atoms with E-state index in [4.69, 9.17) is 6.72 Å². The summed E-state index contributed by atoms with van der Waals surface area (Å²) in [5, 5.41) is 0. The van der Waals surface area contributed by atoms with E-state index < -0.39 is 0 Å². The molecule has 1 heteroatoms. The quantitative estimate of drug-likeness (QED) is 0.381. The minimum Gasteiger partial charge on any atom is -0.292 e. The summed E-state index contributed by atoms with van der Waals surface area (Å²) >= 11 is 0. The molecule has 0 aliphatic heterocycles. The van der Waals surface area contributed by atoms with Crippen LogP contribution in [-0.2, 0) is 0 Å². The molecular weight excluding hydrogens is 122 g/mol. The zero-order valence-corrected chi connectivity index (χ0v) is 6.97. The SMILES string of the molecule is [CH]=NCCCCCCCC. The third kappa shape index (κ3) is 7.67. The molecule has 0 amide bonds. The van der Waals surface area contributed by atoms with Crippen LogP contribution < -0.4 is 0 Å². The Morgan fingerprint density at radius 2 is 1.60 bits per heavy atom. The van der Waals surface area contributed by atoms with Gasteiger partial charge in [0.2, 0.25) is 0 Å². The molecule has 0 N–H and O–H groups in total. The second kappa shape index (κ2) is 8.67. The Balaban J connectivity index is 2.70. The first-order chi connectivity index (χ1) is 4.91. The van der Waals surface area contributed by atoms with Crippen molar-refractivity contribution in [3.8, 4) is 0 Å². The Bertz CT molecular complexity index is 69.1. The minimum atomic E-state index is 0.839. The summed E-state index contributed by atoms with van der Waals surface area (Å²) in [4.78, 5) is 3.55. The van der Waals surface area contributed by atoms with Crippen molar-refractivity contribution in [2.75, 3.05) is 6.54 Å². The second-order valence-corrected chi connectivity index (χ2v) is 2.67. The summed E-state index contributed by atoms with van der Waals surface area (Å²) < 4.78 is 0. The van der Waals surface area contributed by atoms with E-state index >= 15 is 0 Å². The highest BCUT2D eigenvalue weighted by atomic mass is 14.7. The van der Waals surface area contributed by atoms with Crippen molar-refractivity contribution in [3.05, 3.63) is 0 Å². The maximum atomic E-state index is 4.99. The van der Waals surface area contributed by atoms with Crippen LogP contribution in [0.15, 0.2) is 4.99 Å². The van der Waals surface area contributed by atoms with E-state index in [1.807, 2.05) is 0 Å². The Labute approximate surface area is 64.6 Å². The van der Waals surface area contributed by atoms with E-state index in [1.165, 1.54) is 38.5 Å². The topological polar surface area (TPSA) is 12.4 Å². The van der Waals surface area contributed by atoms with Crippen molar-refractivity contribution in [3.63, 3.8) is 0 Å². The first-order valence-corrected chi connectivity index (χ1v) is 4.28. The Kier molecular flexibility index (Phi) is 8.38. The van der Waals surface area contributed by atoms with Gasteiger partial charge >= 0.3 is 0 Å². The van der Waals surface area contributed by atoms with Gasteiger partial charge in [-0.15, -0.1) is 0 Å². The first kappa shape index (κ1) is 9.67. The highest BCUT2D eigenvalue weighted by Crippen LogP contribution is 2.04. The van der Waals surface area contributed by atoms with Crippen molar-refractivity contribution in [1.29, 1.82) is 0 Å². The van der Waals surface area contributed by atoms with E-state index in [0.717, 1.165) is 6.54 Å². The summed E-state index contributed by atoms with van der Waals surface area (Å²) in [6.45, 7) is 8.07. The fraction of sp³-hybridized carbons (Fsp3) is 0.889. The molecule has 0 aromatic carbocycles. The predicted molar refractivity (Wildman–Crippen MR) is 46.7 cm³/mol. The number of nitrogens with zero attached hydrogens (tertiary/aromatic N) is 1. The van der Waals surface area contributed by atoms with Crippen LogP contribution in [-0.4, -0.2) is 13.3 Å². The van der Waals surface area contributed by atoms with E-state index in [1.54, 1.807) is 0 Å². The standard InChI is InChI=1S/C9H18N/c1-3-4-5-6-7-8-9-10-2/h2H,3-9H2,1H3. The van der Waals surface area contributed by atoms with Crippen molar-refractivity contribution in [1.82, 2.24) is 0 Å². The molecule has 0 unspecified atom stereocenters. The van der Waals surface area contributed by atoms with Gasteiger partial charge in [0.25, 0.3) is 0 Å². The zero-order valence-electron chi connectivity index (χ0n) is 6.97. The highest BCUT2D eigenvalue weighted by molar-refractivity contribution is 5.22. The molecule has 0 bridgehead atoms. The number of unbranched alkanes of at least 4 members (excludes halogenated alkanes) is 5. The lowest BCUT2D eigenvalue weighted by atomic mass is 10.1. The van der Waals surface area contributed by atoms with Gasteiger partial charge in [0.1, 0.15) is 0 Å². The molecule has 0 aliphatic rings. The van der Waals surface area contributed by atoms with Crippen LogP contribution in [0, 0.1) is 0 Å². The molecule has 1 nitrogen and oxygen atoms in total. The van der Waals surface area contributed by atoms with Crippen molar-refractivity contribution in [2.45, 2.75) is 45.4 Å². The lowest BCUT2D eigenvalue weighted by molar-refractivity contribution is 0.613. The number of rotatable bonds is 7. The van der Waals surface area contributed by atoms with Crippen molar-refractivity contribution in [2.24, 2.45) is 4.99 Å². The van der Waals surface area contributed by atoms with Crippen molar-refractivity contribution < 1.29 is 0 Å². The summed E-state index contributed by atoms with van der Waals surface area (Å²) in [5.41, 5.74) is 0. The molecule has 1 radical (unpaired) electrons. The monoisotopic (exact) mass is 140 g/mol. The molecule has 0 saturated heterocycles. The van der Waals surface area contributed by atoms with E-state index in [-0.39, 0.29) is 0 Å². The van der Waals surface area contributed by atoms with Gasteiger partial charge in [0.05, 0.1) is 0 Å². The van der Waals surface area contributed by atoms with Gasteiger partial charge < -0.3 is 0 Å². The van der Waals surface area contributed by atoms with Crippen LogP contribution in [0.4, 0.5) is 0 Å². The van der Waals surface area contributed by atoms with Crippen LogP contribution in [0.3, 0.4) is 0 Å². The Morgan fingerprint density at radius 3 is 2.20 bits per heavy atom. The van der Waals surface area contributed by atoms with Gasteiger partial charge in [0.15, 0.2) is 0 Å². The van der Waals surface area contributed by atoms with Crippen molar-refractivity contribution >= 4 is 6.72 Å². The summed E-state index contributed by atoms with van der Waals surface area (Å²) in [5.74, 6) is 0. The van der Waals surface area contributed by atoms with Crippen LogP contribution in [0.5, 0.6) is 0 Å². The lowest BCUT2D eigenvalue weighted by Crippen LogP contribution is -1.81. The molecule has 0 rings (SSSR count). The molecule has 0 atom stereocenters. The fourth-order valence-electron chi connectivity index (χ4n) is 0.983. The molecule has 0 aromatic heterocycles. The number of hydrogen-bond acceptors (Lipinski definition) is 1. The summed E-state index contributed by atoms with van der Waals surface area (Å²) in [6, 6.07) is 0. The second-order valence-electron chi connectivity index (χ2n) is 2.67. The van der Waals surface area contributed by atoms with Gasteiger partial charge in [-0.3, -0.25) is 4.99 Å². The van der Waals surface area contributed by atoms with Gasteiger partial charge in [-0.2, -0.15) is 0 Å². The molecule has 0 spiro atoms. The normalized spacial score (nSPS) is 9.70. The van der Waals surface area contributed by atoms with Crippen LogP contribution >= 0.6 is 0 Å². The number of aliphatic imine (C=N–C) groups is 1. The minimum absolute atomic E-state index is 0.839. The number of hydrogen-bond donors (Lipinski definition) is 0. The van der Waals surface area contributed by atoms with Crippen LogP contribution in [0.2, 0.25) is 0 Å². The molecule has 59 valence electrons. The van der Waals surface area contributed by atoms with Gasteiger partial charge in [-0.05, 0) is 6.42 Å². The maximum absolute atomic E-state index is 4.99. The predicted octanol–water partition coefficient (Wildman–Crippen LogP) is 2.92. The molecule has 0 aromatic rings. The first-order valence-electron chi connectivity index (χ1n) is 4.28. The highest BCUT2D eigenvalue weighted by Gasteiger charge is 1.87. The largest absolute Gasteiger partial charge is 0.292 e. The molecule has 0 saturated carbocycles. The zero-order chi connectivity index (χ0) is 7.66. The maximum Gasteiger partial charge on any atom is 0.0390 e. The van der Waals surface area contributed by atoms with E-state index in [0.29, 0.717) is 0 Å². The third-order valence-corrected chi connectivity index (χ3v) is 1.64.